The van der Waals surface area contributed by atoms with E-state index in [4.69, 9.17) is 4.74 Å². The molecule has 3 N–H and O–H groups in total. The minimum absolute atomic E-state index is 0.176. The standard InChI is InChI=1S/C16H22N6O2/c1-4-17-16-21-11(2)9-13(22-16)18-7-8-20-15(23)12-5-6-19-14(10-12)24-3/h5-6,9-10H,4,7-8H2,1-3H3,(H,20,23)(H2,17,18,21,22). The quantitative estimate of drug-likeness (QED) is 0.630. The number of carbonyl (C=O) groups excluding carboxylic acids is 1. The number of amides is 1. The number of carbonyl (C=O) groups is 1. The van der Waals surface area contributed by atoms with Gasteiger partial charge < -0.3 is 20.7 Å². The van der Waals surface area contributed by atoms with E-state index in [1.807, 2.05) is 19.9 Å². The Balaban J connectivity index is 1.83. The highest BCUT2D eigenvalue weighted by atomic mass is 16.5. The van der Waals surface area contributed by atoms with E-state index in [2.05, 4.69) is 30.9 Å². The van der Waals surface area contributed by atoms with Crippen LogP contribution in [0.25, 0.3) is 0 Å². The van der Waals surface area contributed by atoms with Crippen LogP contribution in [-0.2, 0) is 0 Å². The van der Waals surface area contributed by atoms with E-state index >= 15 is 0 Å². The molecule has 0 aliphatic carbocycles. The molecule has 2 aromatic heterocycles. The van der Waals surface area contributed by atoms with E-state index in [1.165, 1.54) is 13.3 Å². The van der Waals surface area contributed by atoms with Crippen LogP contribution < -0.4 is 20.7 Å². The number of pyridine rings is 1. The first-order valence-electron chi connectivity index (χ1n) is 7.74. The fourth-order valence-electron chi connectivity index (χ4n) is 2.03. The minimum Gasteiger partial charge on any atom is -0.481 e. The van der Waals surface area contributed by atoms with Crippen molar-refractivity contribution in [1.82, 2.24) is 20.3 Å². The number of nitrogens with one attached hydrogen (secondary N) is 3. The molecule has 0 unspecified atom stereocenters. The Labute approximate surface area is 141 Å². The molecule has 24 heavy (non-hydrogen) atoms. The summed E-state index contributed by atoms with van der Waals surface area (Å²) >= 11 is 0. The highest BCUT2D eigenvalue weighted by molar-refractivity contribution is 5.94. The molecule has 0 saturated heterocycles. The summed E-state index contributed by atoms with van der Waals surface area (Å²) in [6.45, 7) is 5.67. The first-order chi connectivity index (χ1) is 11.6. The van der Waals surface area contributed by atoms with Crippen LogP contribution >= 0.6 is 0 Å². The number of hydrogen-bond acceptors (Lipinski definition) is 7. The molecule has 0 radical (unpaired) electrons. The van der Waals surface area contributed by atoms with Crippen LogP contribution in [0.4, 0.5) is 11.8 Å². The van der Waals surface area contributed by atoms with E-state index in [0.29, 0.717) is 30.5 Å². The van der Waals surface area contributed by atoms with Crippen LogP contribution in [0.3, 0.4) is 0 Å². The summed E-state index contributed by atoms with van der Waals surface area (Å²) in [5.41, 5.74) is 1.38. The minimum atomic E-state index is -0.176. The molecular formula is C16H22N6O2. The molecule has 1 amide bonds. The Hall–Kier alpha value is -2.90. The summed E-state index contributed by atoms with van der Waals surface area (Å²) in [6.07, 6.45) is 1.54. The zero-order chi connectivity index (χ0) is 17.4. The predicted octanol–water partition coefficient (Wildman–Crippen LogP) is 1.46. The van der Waals surface area contributed by atoms with Crippen molar-refractivity contribution in [2.75, 3.05) is 37.4 Å². The summed E-state index contributed by atoms with van der Waals surface area (Å²) in [5, 5.41) is 9.08. The molecule has 2 heterocycles. The van der Waals surface area contributed by atoms with Gasteiger partial charge in [0, 0.05) is 49.2 Å². The predicted molar refractivity (Wildman–Crippen MR) is 92.5 cm³/mol. The lowest BCUT2D eigenvalue weighted by Gasteiger charge is -2.10. The van der Waals surface area contributed by atoms with Crippen LogP contribution in [-0.4, -0.2) is 47.6 Å². The maximum Gasteiger partial charge on any atom is 0.251 e. The number of ether oxygens (including phenoxy) is 1. The van der Waals surface area contributed by atoms with Gasteiger partial charge in [-0.15, -0.1) is 0 Å². The SMILES string of the molecule is CCNc1nc(C)cc(NCCNC(=O)c2ccnc(OC)c2)n1. The molecule has 0 saturated carbocycles. The van der Waals surface area contributed by atoms with Crippen LogP contribution in [0.5, 0.6) is 5.88 Å². The van der Waals surface area contributed by atoms with Crippen molar-refractivity contribution in [3.05, 3.63) is 35.7 Å². The molecule has 0 spiro atoms. The van der Waals surface area contributed by atoms with Gasteiger partial charge in [0.05, 0.1) is 7.11 Å². The lowest BCUT2D eigenvalue weighted by molar-refractivity contribution is 0.0954. The summed E-state index contributed by atoms with van der Waals surface area (Å²) in [6, 6.07) is 5.09. The highest BCUT2D eigenvalue weighted by Gasteiger charge is 2.07. The van der Waals surface area contributed by atoms with Crippen LogP contribution in [0.1, 0.15) is 23.0 Å². The van der Waals surface area contributed by atoms with Crippen molar-refractivity contribution >= 4 is 17.7 Å². The Morgan fingerprint density at radius 3 is 2.79 bits per heavy atom. The Morgan fingerprint density at radius 1 is 1.21 bits per heavy atom. The van der Waals surface area contributed by atoms with Crippen LogP contribution in [0, 0.1) is 6.92 Å². The van der Waals surface area contributed by atoms with Gasteiger partial charge in [0.15, 0.2) is 0 Å². The molecule has 0 aromatic carbocycles. The molecule has 0 fully saturated rings. The maximum absolute atomic E-state index is 12.1. The van der Waals surface area contributed by atoms with Crippen molar-refractivity contribution in [3.63, 3.8) is 0 Å². The number of rotatable bonds is 8. The Kier molecular flexibility index (Phi) is 6.30. The average Bonchev–Trinajstić information content (AvgIpc) is 2.58. The zero-order valence-electron chi connectivity index (χ0n) is 14.1. The van der Waals surface area contributed by atoms with Gasteiger partial charge in [0.1, 0.15) is 5.82 Å². The van der Waals surface area contributed by atoms with E-state index in [1.54, 1.807) is 12.1 Å². The van der Waals surface area contributed by atoms with Gasteiger partial charge in [-0.25, -0.2) is 9.97 Å². The monoisotopic (exact) mass is 330 g/mol. The third kappa shape index (κ3) is 5.08. The smallest absolute Gasteiger partial charge is 0.251 e. The summed E-state index contributed by atoms with van der Waals surface area (Å²) < 4.78 is 5.01. The number of methoxy groups -OCH3 is 1. The number of aryl methyl sites for hydroxylation is 1. The molecule has 2 aromatic rings. The lowest BCUT2D eigenvalue weighted by Crippen LogP contribution is -2.29. The molecule has 0 aliphatic rings. The number of hydrogen-bond donors (Lipinski definition) is 3. The molecule has 0 aliphatic heterocycles. The maximum atomic E-state index is 12.1. The molecule has 0 bridgehead atoms. The molecular weight excluding hydrogens is 308 g/mol. The van der Waals surface area contributed by atoms with Gasteiger partial charge in [-0.3, -0.25) is 4.79 Å². The Morgan fingerprint density at radius 2 is 2.04 bits per heavy atom. The van der Waals surface area contributed by atoms with Gasteiger partial charge in [-0.05, 0) is 19.9 Å². The topological polar surface area (TPSA) is 101 Å². The van der Waals surface area contributed by atoms with Crippen molar-refractivity contribution in [3.8, 4) is 5.88 Å². The normalized spacial score (nSPS) is 10.1. The second-order valence-electron chi connectivity index (χ2n) is 5.02. The molecule has 2 rings (SSSR count). The summed E-state index contributed by atoms with van der Waals surface area (Å²) in [5.74, 6) is 1.55. The van der Waals surface area contributed by atoms with Gasteiger partial charge in [-0.1, -0.05) is 0 Å². The number of anilines is 2. The third-order valence-corrected chi connectivity index (χ3v) is 3.11. The van der Waals surface area contributed by atoms with E-state index in [9.17, 15) is 4.79 Å². The van der Waals surface area contributed by atoms with E-state index < -0.39 is 0 Å². The van der Waals surface area contributed by atoms with Gasteiger partial charge in [-0.2, -0.15) is 4.98 Å². The van der Waals surface area contributed by atoms with Gasteiger partial charge in [0.25, 0.3) is 5.91 Å². The second-order valence-corrected chi connectivity index (χ2v) is 5.02. The molecule has 128 valence electrons. The van der Waals surface area contributed by atoms with Crippen molar-refractivity contribution in [1.29, 1.82) is 0 Å². The van der Waals surface area contributed by atoms with Crippen molar-refractivity contribution < 1.29 is 9.53 Å². The van der Waals surface area contributed by atoms with Gasteiger partial charge in [0.2, 0.25) is 11.8 Å². The van der Waals surface area contributed by atoms with Crippen LogP contribution in [0.2, 0.25) is 0 Å². The third-order valence-electron chi connectivity index (χ3n) is 3.11. The highest BCUT2D eigenvalue weighted by Crippen LogP contribution is 2.09. The zero-order valence-corrected chi connectivity index (χ0v) is 14.1. The lowest BCUT2D eigenvalue weighted by atomic mass is 10.2. The van der Waals surface area contributed by atoms with Crippen molar-refractivity contribution in [2.24, 2.45) is 0 Å². The summed E-state index contributed by atoms with van der Waals surface area (Å²) in [7, 11) is 1.51. The fraction of sp³-hybridized carbons (Fsp3) is 0.375. The van der Waals surface area contributed by atoms with Gasteiger partial charge >= 0.3 is 0 Å². The van der Waals surface area contributed by atoms with Crippen molar-refractivity contribution in [2.45, 2.75) is 13.8 Å². The molecule has 8 heteroatoms. The molecule has 0 atom stereocenters. The fourth-order valence-corrected chi connectivity index (χ4v) is 2.03. The first kappa shape index (κ1) is 17.5. The summed E-state index contributed by atoms with van der Waals surface area (Å²) in [4.78, 5) is 24.7. The number of aromatic nitrogens is 3. The van der Waals surface area contributed by atoms with Crippen LogP contribution in [0.15, 0.2) is 24.4 Å². The largest absolute Gasteiger partial charge is 0.481 e. The average molecular weight is 330 g/mol. The second kappa shape index (κ2) is 8.66. The Bertz CT molecular complexity index is 692. The van der Waals surface area contributed by atoms with E-state index in [-0.39, 0.29) is 5.91 Å². The number of nitrogens with zero attached hydrogens (tertiary/aromatic N) is 3. The molecule has 8 nitrogen and oxygen atoms in total. The first-order valence-corrected chi connectivity index (χ1v) is 7.74. The van der Waals surface area contributed by atoms with E-state index in [0.717, 1.165) is 18.1 Å².